The van der Waals surface area contributed by atoms with Gasteiger partial charge in [-0.2, -0.15) is 0 Å². The van der Waals surface area contributed by atoms with Gasteiger partial charge in [0.05, 0.1) is 11.5 Å². The molecule has 1 aliphatic rings. The Morgan fingerprint density at radius 2 is 2.14 bits per heavy atom. The molecule has 1 aromatic heterocycles. The number of thiazole rings is 1. The maximum Gasteiger partial charge on any atom is 0.185 e. The molecule has 0 unspecified atom stereocenters. The minimum absolute atomic E-state index is 0.103. The fourth-order valence-electron chi connectivity index (χ4n) is 1.51. The minimum Gasteiger partial charge on any atom is -0.391 e. The Balaban J connectivity index is 2.01. The summed E-state index contributed by atoms with van der Waals surface area (Å²) in [5.41, 5.74) is 0. The number of piperazine rings is 1. The third-order valence-corrected chi connectivity index (χ3v) is 3.51. The lowest BCUT2D eigenvalue weighted by Crippen LogP contribution is -2.44. The topological polar surface area (TPSA) is 39.6 Å². The number of hydrogen-bond acceptors (Lipinski definition) is 5. The summed E-state index contributed by atoms with van der Waals surface area (Å²) in [5, 5.41) is 9.98. The van der Waals surface area contributed by atoms with Crippen LogP contribution in [0.2, 0.25) is 0 Å². The molecule has 0 amide bonds. The molecule has 4 nitrogen and oxygen atoms in total. The maximum absolute atomic E-state index is 8.94. The highest BCUT2D eigenvalue weighted by Gasteiger charge is 2.16. The molecule has 1 aromatic rings. The highest BCUT2D eigenvalue weighted by Crippen LogP contribution is 2.23. The van der Waals surface area contributed by atoms with E-state index in [0.717, 1.165) is 36.2 Å². The van der Waals surface area contributed by atoms with Gasteiger partial charge < -0.3 is 14.9 Å². The summed E-state index contributed by atoms with van der Waals surface area (Å²) in [6, 6.07) is 0. The normalized spacial score (nSPS) is 18.9. The molecule has 0 aromatic carbocycles. The third-order valence-electron chi connectivity index (χ3n) is 2.47. The first-order valence-electron chi connectivity index (χ1n) is 4.78. The van der Waals surface area contributed by atoms with E-state index in [1.807, 2.05) is 0 Å². The third kappa shape index (κ3) is 2.05. The summed E-state index contributed by atoms with van der Waals surface area (Å²) in [7, 11) is 2.14. The van der Waals surface area contributed by atoms with Crippen molar-refractivity contribution < 1.29 is 5.11 Å². The molecular weight excluding hydrogens is 198 g/mol. The number of aromatic nitrogens is 1. The van der Waals surface area contributed by atoms with Crippen molar-refractivity contribution in [1.29, 1.82) is 0 Å². The average Bonchev–Trinajstić information content (AvgIpc) is 2.67. The summed E-state index contributed by atoms with van der Waals surface area (Å²) in [4.78, 5) is 9.84. The summed E-state index contributed by atoms with van der Waals surface area (Å²) in [6.45, 7) is 4.36. The van der Waals surface area contributed by atoms with Gasteiger partial charge in [-0.15, -0.1) is 0 Å². The first kappa shape index (κ1) is 9.89. The molecule has 0 aliphatic carbocycles. The van der Waals surface area contributed by atoms with Crippen LogP contribution in [-0.2, 0) is 6.61 Å². The van der Waals surface area contributed by atoms with Crippen molar-refractivity contribution in [3.63, 3.8) is 0 Å². The van der Waals surface area contributed by atoms with Gasteiger partial charge in [0.2, 0.25) is 0 Å². The van der Waals surface area contributed by atoms with Gasteiger partial charge >= 0.3 is 0 Å². The van der Waals surface area contributed by atoms with Gasteiger partial charge in [-0.25, -0.2) is 4.98 Å². The van der Waals surface area contributed by atoms with E-state index in [9.17, 15) is 0 Å². The highest BCUT2D eigenvalue weighted by molar-refractivity contribution is 7.15. The van der Waals surface area contributed by atoms with Crippen molar-refractivity contribution in [3.8, 4) is 0 Å². The zero-order chi connectivity index (χ0) is 9.97. The minimum atomic E-state index is 0.103. The average molecular weight is 213 g/mol. The van der Waals surface area contributed by atoms with Gasteiger partial charge in [0, 0.05) is 32.4 Å². The summed E-state index contributed by atoms with van der Waals surface area (Å²) in [6.07, 6.45) is 1.76. The molecule has 0 atom stereocenters. The van der Waals surface area contributed by atoms with Crippen LogP contribution in [-0.4, -0.2) is 48.2 Å². The molecule has 78 valence electrons. The van der Waals surface area contributed by atoms with E-state index in [4.69, 9.17) is 5.11 Å². The van der Waals surface area contributed by atoms with E-state index >= 15 is 0 Å². The van der Waals surface area contributed by atoms with Crippen molar-refractivity contribution in [1.82, 2.24) is 9.88 Å². The molecule has 0 radical (unpaired) electrons. The largest absolute Gasteiger partial charge is 0.391 e. The van der Waals surface area contributed by atoms with Crippen molar-refractivity contribution in [2.45, 2.75) is 6.61 Å². The van der Waals surface area contributed by atoms with E-state index in [1.54, 1.807) is 17.5 Å². The predicted octanol–water partition coefficient (Wildman–Crippen LogP) is 0.387. The van der Waals surface area contributed by atoms with Crippen LogP contribution in [0.4, 0.5) is 5.13 Å². The van der Waals surface area contributed by atoms with Crippen molar-refractivity contribution in [2.75, 3.05) is 38.1 Å². The second-order valence-electron chi connectivity index (χ2n) is 3.56. The zero-order valence-corrected chi connectivity index (χ0v) is 9.13. The Bertz CT molecular complexity index is 294. The summed E-state index contributed by atoms with van der Waals surface area (Å²) < 4.78 is 0. The molecule has 14 heavy (non-hydrogen) atoms. The molecule has 2 heterocycles. The van der Waals surface area contributed by atoms with Gasteiger partial charge in [-0.3, -0.25) is 0 Å². The molecule has 1 fully saturated rings. The van der Waals surface area contributed by atoms with Gasteiger partial charge in [-0.05, 0) is 7.05 Å². The number of nitrogens with zero attached hydrogens (tertiary/aromatic N) is 3. The first-order chi connectivity index (χ1) is 6.79. The lowest BCUT2D eigenvalue weighted by molar-refractivity contribution is 0.285. The zero-order valence-electron chi connectivity index (χ0n) is 8.31. The number of aliphatic hydroxyl groups excluding tert-OH is 1. The van der Waals surface area contributed by atoms with E-state index in [2.05, 4.69) is 21.8 Å². The van der Waals surface area contributed by atoms with Gasteiger partial charge in [0.15, 0.2) is 5.13 Å². The molecule has 1 N–H and O–H groups in total. The number of hydrogen-bond donors (Lipinski definition) is 1. The van der Waals surface area contributed by atoms with Crippen LogP contribution in [0.25, 0.3) is 0 Å². The summed E-state index contributed by atoms with van der Waals surface area (Å²) in [5.74, 6) is 0. The predicted molar refractivity (Wildman–Crippen MR) is 57.7 cm³/mol. The van der Waals surface area contributed by atoms with Gasteiger partial charge in [-0.1, -0.05) is 11.3 Å². The van der Waals surface area contributed by atoms with Crippen molar-refractivity contribution in [3.05, 3.63) is 11.1 Å². The van der Waals surface area contributed by atoms with Crippen molar-refractivity contribution in [2.24, 2.45) is 0 Å². The highest BCUT2D eigenvalue weighted by atomic mass is 32.1. The standard InChI is InChI=1S/C9H15N3OS/c1-11-2-4-12(5-3-11)9-10-6-8(7-13)14-9/h6,13H,2-5,7H2,1H3. The fourth-order valence-corrected chi connectivity index (χ4v) is 2.34. The van der Waals surface area contributed by atoms with Crippen LogP contribution >= 0.6 is 11.3 Å². The van der Waals surface area contributed by atoms with Crippen LogP contribution in [0.1, 0.15) is 4.88 Å². The SMILES string of the molecule is CN1CCN(c2ncc(CO)s2)CC1. The molecule has 1 aliphatic heterocycles. The van der Waals surface area contributed by atoms with E-state index < -0.39 is 0 Å². The summed E-state index contributed by atoms with van der Waals surface area (Å²) >= 11 is 1.59. The Hall–Kier alpha value is -0.650. The van der Waals surface area contributed by atoms with Crippen LogP contribution in [0, 0.1) is 0 Å². The first-order valence-corrected chi connectivity index (χ1v) is 5.60. The van der Waals surface area contributed by atoms with E-state index in [1.165, 1.54) is 0 Å². The lowest BCUT2D eigenvalue weighted by Gasteiger charge is -2.32. The Morgan fingerprint density at radius 3 is 2.71 bits per heavy atom. The van der Waals surface area contributed by atoms with E-state index in [-0.39, 0.29) is 6.61 Å². The molecule has 5 heteroatoms. The Kier molecular flexibility index (Phi) is 3.00. The number of aliphatic hydroxyl groups is 1. The van der Waals surface area contributed by atoms with Crippen LogP contribution < -0.4 is 4.90 Å². The monoisotopic (exact) mass is 213 g/mol. The second-order valence-corrected chi connectivity index (χ2v) is 4.65. The molecule has 2 rings (SSSR count). The Labute approximate surface area is 87.8 Å². The van der Waals surface area contributed by atoms with Gasteiger partial charge in [0.1, 0.15) is 0 Å². The molecule has 1 saturated heterocycles. The number of anilines is 1. The number of likely N-dealkylation sites (N-methyl/N-ethyl adjacent to an activating group) is 1. The van der Waals surface area contributed by atoms with Crippen LogP contribution in [0.3, 0.4) is 0 Å². The second kappa shape index (κ2) is 4.25. The molecule has 0 saturated carbocycles. The molecule has 0 bridgehead atoms. The van der Waals surface area contributed by atoms with Crippen LogP contribution in [0.15, 0.2) is 6.20 Å². The molecule has 0 spiro atoms. The number of rotatable bonds is 2. The quantitative estimate of drug-likeness (QED) is 0.771. The van der Waals surface area contributed by atoms with E-state index in [0.29, 0.717) is 0 Å². The van der Waals surface area contributed by atoms with Gasteiger partial charge in [0.25, 0.3) is 0 Å². The lowest BCUT2D eigenvalue weighted by atomic mass is 10.3. The molecular formula is C9H15N3OS. The van der Waals surface area contributed by atoms with Crippen LogP contribution in [0.5, 0.6) is 0 Å². The maximum atomic E-state index is 8.94. The smallest absolute Gasteiger partial charge is 0.185 e. The fraction of sp³-hybridized carbons (Fsp3) is 0.667. The van der Waals surface area contributed by atoms with Crippen molar-refractivity contribution >= 4 is 16.5 Å². The Morgan fingerprint density at radius 1 is 1.43 bits per heavy atom.